The fourth-order valence-corrected chi connectivity index (χ4v) is 4.05. The highest BCUT2D eigenvalue weighted by molar-refractivity contribution is 6.42. The van der Waals surface area contributed by atoms with Crippen LogP contribution in [-0.2, 0) is 6.42 Å². The van der Waals surface area contributed by atoms with Gasteiger partial charge in [-0.3, -0.25) is 0 Å². The van der Waals surface area contributed by atoms with Gasteiger partial charge in [-0.1, -0.05) is 23.2 Å². The molecule has 2 aromatic rings. The van der Waals surface area contributed by atoms with Gasteiger partial charge in [0.2, 0.25) is 5.95 Å². The smallest absolute Gasteiger partial charge is 0.216 e. The van der Waals surface area contributed by atoms with Crippen molar-refractivity contribution >= 4 is 34.8 Å². The van der Waals surface area contributed by atoms with E-state index in [0.29, 0.717) is 12.0 Å². The predicted octanol–water partition coefficient (Wildman–Crippen LogP) is 4.37. The molecule has 1 saturated heterocycles. The zero-order valence-corrected chi connectivity index (χ0v) is 14.5. The molecule has 2 aliphatic heterocycles. The first-order valence-electron chi connectivity index (χ1n) is 7.86. The van der Waals surface area contributed by atoms with Crippen LogP contribution >= 0.6 is 23.2 Å². The highest BCUT2D eigenvalue weighted by Crippen LogP contribution is 2.44. The molecule has 0 saturated carbocycles. The molecule has 2 aliphatic rings. The molecule has 25 heavy (non-hydrogen) atoms. The summed E-state index contributed by atoms with van der Waals surface area (Å²) in [5.74, 6) is -0.843. The van der Waals surface area contributed by atoms with Crippen molar-refractivity contribution in [2.45, 2.75) is 31.3 Å². The van der Waals surface area contributed by atoms with Gasteiger partial charge in [-0.05, 0) is 43.0 Å². The van der Waals surface area contributed by atoms with Crippen LogP contribution in [0.1, 0.15) is 30.0 Å². The maximum Gasteiger partial charge on any atom is 0.216 e. The van der Waals surface area contributed by atoms with E-state index in [9.17, 15) is 8.78 Å². The molecule has 0 amide bonds. The SMILES string of the molecule is NC(=Nc1cc(Cl)c(Cl)cc1F)N1C2CCC1c1ccnc(F)c1C2. The largest absolute Gasteiger partial charge is 0.369 e. The molecule has 130 valence electrons. The second-order valence-corrected chi connectivity index (χ2v) is 7.03. The Hall–Kier alpha value is -1.92. The van der Waals surface area contributed by atoms with Gasteiger partial charge in [-0.25, -0.2) is 14.4 Å². The Morgan fingerprint density at radius 1 is 1.24 bits per heavy atom. The van der Waals surface area contributed by atoms with Crippen LogP contribution in [0.15, 0.2) is 29.4 Å². The van der Waals surface area contributed by atoms with E-state index in [4.69, 9.17) is 28.9 Å². The number of nitrogens with two attached hydrogens (primary N) is 1. The minimum absolute atomic E-state index is 0.0192. The van der Waals surface area contributed by atoms with E-state index in [1.54, 1.807) is 0 Å². The number of rotatable bonds is 1. The lowest BCUT2D eigenvalue weighted by molar-refractivity contribution is 0.285. The van der Waals surface area contributed by atoms with Crippen molar-refractivity contribution in [1.29, 1.82) is 0 Å². The van der Waals surface area contributed by atoms with E-state index < -0.39 is 11.8 Å². The zero-order chi connectivity index (χ0) is 17.7. The van der Waals surface area contributed by atoms with Gasteiger partial charge < -0.3 is 10.6 Å². The third-order valence-electron chi connectivity index (χ3n) is 4.83. The summed E-state index contributed by atoms with van der Waals surface area (Å²) in [6, 6.07) is 4.20. The van der Waals surface area contributed by atoms with Crippen molar-refractivity contribution < 1.29 is 8.78 Å². The molecule has 0 spiro atoms. The summed E-state index contributed by atoms with van der Waals surface area (Å²) >= 11 is 11.7. The molecule has 8 heteroatoms. The Kier molecular flexibility index (Phi) is 4.04. The van der Waals surface area contributed by atoms with Crippen molar-refractivity contribution in [3.63, 3.8) is 0 Å². The monoisotopic (exact) mass is 382 g/mol. The van der Waals surface area contributed by atoms with E-state index in [2.05, 4.69) is 9.98 Å². The van der Waals surface area contributed by atoms with Crippen molar-refractivity contribution in [2.24, 2.45) is 10.7 Å². The number of aromatic nitrogens is 1. The van der Waals surface area contributed by atoms with Gasteiger partial charge in [0.25, 0.3) is 0 Å². The molecule has 2 N–H and O–H groups in total. The maximum absolute atomic E-state index is 14.1. The van der Waals surface area contributed by atoms with Gasteiger partial charge in [0.05, 0.1) is 16.1 Å². The summed E-state index contributed by atoms with van der Waals surface area (Å²) in [5, 5.41) is 0.321. The lowest BCUT2D eigenvalue weighted by Gasteiger charge is -2.37. The Labute approximate surface area is 153 Å². The summed E-state index contributed by atoms with van der Waals surface area (Å²) in [7, 11) is 0. The van der Waals surface area contributed by atoms with Crippen LogP contribution in [0.3, 0.4) is 0 Å². The number of hydrogen-bond donors (Lipinski definition) is 1. The normalized spacial score (nSPS) is 22.2. The second-order valence-electron chi connectivity index (χ2n) is 6.22. The molecule has 0 aliphatic carbocycles. The lowest BCUT2D eigenvalue weighted by atomic mass is 9.95. The molecular formula is C17H14Cl2F2N4. The molecule has 1 fully saturated rings. The fraction of sp³-hybridized carbons (Fsp3) is 0.294. The summed E-state index contributed by atoms with van der Waals surface area (Å²) in [6.45, 7) is 0. The number of benzene rings is 1. The quantitative estimate of drug-likeness (QED) is 0.344. The van der Waals surface area contributed by atoms with Crippen LogP contribution in [0.5, 0.6) is 0 Å². The first-order chi connectivity index (χ1) is 12.0. The van der Waals surface area contributed by atoms with Gasteiger partial charge in [-0.15, -0.1) is 0 Å². The minimum atomic E-state index is -0.600. The van der Waals surface area contributed by atoms with Crippen molar-refractivity contribution in [3.8, 4) is 0 Å². The van der Waals surface area contributed by atoms with Crippen molar-refractivity contribution in [2.75, 3.05) is 0 Å². The second kappa shape index (κ2) is 6.11. The van der Waals surface area contributed by atoms with E-state index in [1.807, 2.05) is 11.0 Å². The third-order valence-corrected chi connectivity index (χ3v) is 5.55. The molecule has 0 radical (unpaired) electrons. The number of nitrogens with zero attached hydrogens (tertiary/aromatic N) is 3. The van der Waals surface area contributed by atoms with Crippen LogP contribution in [0.4, 0.5) is 14.5 Å². The van der Waals surface area contributed by atoms with Crippen LogP contribution in [0.25, 0.3) is 0 Å². The zero-order valence-electron chi connectivity index (χ0n) is 13.0. The van der Waals surface area contributed by atoms with Gasteiger partial charge in [0.15, 0.2) is 11.8 Å². The molecule has 2 bridgehead atoms. The summed E-state index contributed by atoms with van der Waals surface area (Å²) in [6.07, 6.45) is 3.66. The molecule has 1 aromatic carbocycles. The van der Waals surface area contributed by atoms with Gasteiger partial charge in [-0.2, -0.15) is 4.39 Å². The highest BCUT2D eigenvalue weighted by Gasteiger charge is 2.42. The predicted molar refractivity (Wildman–Crippen MR) is 93.2 cm³/mol. The Bertz CT molecular complexity index is 887. The molecule has 3 heterocycles. The van der Waals surface area contributed by atoms with Crippen molar-refractivity contribution in [1.82, 2.24) is 9.88 Å². The molecule has 4 rings (SSSR count). The molecule has 1 aromatic heterocycles. The fourth-order valence-electron chi connectivity index (χ4n) is 3.74. The number of halogens is 4. The molecule has 2 unspecified atom stereocenters. The first-order valence-corrected chi connectivity index (χ1v) is 8.61. The highest BCUT2D eigenvalue weighted by atomic mass is 35.5. The number of pyridine rings is 1. The van der Waals surface area contributed by atoms with E-state index >= 15 is 0 Å². The van der Waals surface area contributed by atoms with Gasteiger partial charge in [0, 0.05) is 17.8 Å². The van der Waals surface area contributed by atoms with Crippen molar-refractivity contribution in [3.05, 3.63) is 57.3 Å². The number of fused-ring (bicyclic) bond motifs is 4. The summed E-state index contributed by atoms with van der Waals surface area (Å²) in [4.78, 5) is 9.88. The Balaban J connectivity index is 1.72. The van der Waals surface area contributed by atoms with Crippen LogP contribution in [-0.4, -0.2) is 21.9 Å². The van der Waals surface area contributed by atoms with Crippen LogP contribution in [0, 0.1) is 11.8 Å². The average molecular weight is 383 g/mol. The number of aliphatic imine (C=N–C) groups is 1. The number of guanidine groups is 1. The minimum Gasteiger partial charge on any atom is -0.369 e. The summed E-state index contributed by atoms with van der Waals surface area (Å²) < 4.78 is 28.1. The van der Waals surface area contributed by atoms with E-state index in [-0.39, 0.29) is 33.8 Å². The summed E-state index contributed by atoms with van der Waals surface area (Å²) in [5.41, 5.74) is 7.71. The Morgan fingerprint density at radius 3 is 2.80 bits per heavy atom. The van der Waals surface area contributed by atoms with E-state index in [0.717, 1.165) is 24.5 Å². The van der Waals surface area contributed by atoms with Gasteiger partial charge >= 0.3 is 0 Å². The van der Waals surface area contributed by atoms with Gasteiger partial charge in [0.1, 0.15) is 5.69 Å². The van der Waals surface area contributed by atoms with Crippen LogP contribution in [0.2, 0.25) is 10.0 Å². The van der Waals surface area contributed by atoms with E-state index in [1.165, 1.54) is 12.3 Å². The average Bonchev–Trinajstić information content (AvgIpc) is 2.89. The molecule has 4 nitrogen and oxygen atoms in total. The molecule has 2 atom stereocenters. The lowest BCUT2D eigenvalue weighted by Crippen LogP contribution is -2.46. The Morgan fingerprint density at radius 2 is 2.00 bits per heavy atom. The maximum atomic E-state index is 14.1. The molecular weight excluding hydrogens is 369 g/mol. The first kappa shape index (κ1) is 16.5. The third kappa shape index (κ3) is 2.73. The van der Waals surface area contributed by atoms with Crippen LogP contribution < -0.4 is 5.73 Å². The number of hydrogen-bond acceptors (Lipinski definition) is 2. The topological polar surface area (TPSA) is 54.5 Å². The standard InChI is InChI=1S/C17H14Cl2F2N4/c18-11-6-13(20)14(7-12(11)19)24-17(22)25-8-1-2-15(25)9-3-4-23-16(21)10(9)5-8/h3-4,6-8,15H,1-2,5H2,(H2,22,24).